The fraction of sp³-hybridized carbons (Fsp3) is 0.364. The average molecular weight is 570 g/mol. The Balaban J connectivity index is 1.44. The molecule has 2 aliphatic heterocycles. The molecule has 2 bridgehead atoms. The maximum absolute atomic E-state index is 15.8. The first-order chi connectivity index (χ1) is 20.0. The van der Waals surface area contributed by atoms with Crippen molar-refractivity contribution in [3.8, 4) is 28.3 Å². The van der Waals surface area contributed by atoms with Crippen LogP contribution in [0.15, 0.2) is 54.7 Å². The van der Waals surface area contributed by atoms with E-state index in [2.05, 4.69) is 5.10 Å². The molecule has 1 aromatic heterocycles. The largest absolute Gasteiger partial charge is 0.390 e. The summed E-state index contributed by atoms with van der Waals surface area (Å²) >= 11 is 0. The summed E-state index contributed by atoms with van der Waals surface area (Å²) in [5.41, 5.74) is 7.96. The molecule has 2 saturated heterocycles. The average Bonchev–Trinajstić information content (AvgIpc) is 3.47. The van der Waals surface area contributed by atoms with Gasteiger partial charge in [-0.25, -0.2) is 8.78 Å². The molecule has 0 aliphatic carbocycles. The van der Waals surface area contributed by atoms with Gasteiger partial charge in [0.25, 0.3) is 5.91 Å². The molecule has 0 spiro atoms. The number of nitrogens with two attached hydrogens (primary N) is 1. The number of rotatable bonds is 6. The molecule has 2 aliphatic rings. The van der Waals surface area contributed by atoms with Crippen LogP contribution in [0, 0.1) is 23.0 Å². The number of carbonyl (C=O) groups is 1. The Kier molecular flexibility index (Phi) is 7.08. The van der Waals surface area contributed by atoms with Gasteiger partial charge in [-0.15, -0.1) is 0 Å². The van der Waals surface area contributed by atoms with Gasteiger partial charge in [0.2, 0.25) is 0 Å². The molecule has 3 aromatic carbocycles. The van der Waals surface area contributed by atoms with Crippen LogP contribution >= 0.6 is 0 Å². The number of aliphatic hydroxyl groups is 1. The minimum Gasteiger partial charge on any atom is -0.390 e. The van der Waals surface area contributed by atoms with Crippen LogP contribution in [0.1, 0.15) is 61.9 Å². The van der Waals surface area contributed by atoms with Crippen molar-refractivity contribution >= 4 is 16.8 Å². The Morgan fingerprint density at radius 2 is 1.79 bits per heavy atom. The van der Waals surface area contributed by atoms with Crippen molar-refractivity contribution in [2.45, 2.75) is 76.2 Å². The molecule has 3 atom stereocenters. The molecule has 7 nitrogen and oxygen atoms in total. The molecule has 3 N–H and O–H groups in total. The number of aryl methyl sites for hydroxylation is 1. The van der Waals surface area contributed by atoms with Gasteiger partial charge in [-0.1, -0.05) is 12.1 Å². The van der Waals surface area contributed by atoms with Crippen molar-refractivity contribution in [1.29, 1.82) is 5.26 Å². The number of hydrogen-bond acceptors (Lipinski definition) is 5. The summed E-state index contributed by atoms with van der Waals surface area (Å²) < 4.78 is 32.3. The van der Waals surface area contributed by atoms with E-state index in [9.17, 15) is 19.6 Å². The molecule has 0 saturated carbocycles. The Hall–Kier alpha value is -4.13. The summed E-state index contributed by atoms with van der Waals surface area (Å²) in [7, 11) is 0. The molecular formula is C33H33F2N5O2. The van der Waals surface area contributed by atoms with E-state index in [-0.39, 0.29) is 35.2 Å². The number of amides is 1. The van der Waals surface area contributed by atoms with E-state index in [1.807, 2.05) is 11.0 Å². The summed E-state index contributed by atoms with van der Waals surface area (Å²) in [6.07, 6.45) is 5.47. The van der Waals surface area contributed by atoms with Gasteiger partial charge in [-0.3, -0.25) is 9.48 Å². The van der Waals surface area contributed by atoms with E-state index in [4.69, 9.17) is 5.73 Å². The SMILES string of the molecule is CC(C)(O)CCn1ncc2cc(-c3ccc(C(=O)N4[C@@H]5CC[C@H]4C[C@@H](N)C5)cc3-c3ccc(C#N)c(F)c3)c(F)cc21. The van der Waals surface area contributed by atoms with E-state index in [0.29, 0.717) is 46.1 Å². The fourth-order valence-corrected chi connectivity index (χ4v) is 6.49. The first-order valence-corrected chi connectivity index (χ1v) is 14.3. The molecule has 1 amide bonds. The van der Waals surface area contributed by atoms with Gasteiger partial charge in [0, 0.05) is 47.2 Å². The monoisotopic (exact) mass is 569 g/mol. The summed E-state index contributed by atoms with van der Waals surface area (Å²) in [6, 6.07) is 14.6. The van der Waals surface area contributed by atoms with Gasteiger partial charge in [0.15, 0.2) is 0 Å². The van der Waals surface area contributed by atoms with Crippen LogP contribution in [0.4, 0.5) is 8.78 Å². The maximum atomic E-state index is 15.8. The van der Waals surface area contributed by atoms with Crippen LogP contribution in [0.3, 0.4) is 0 Å². The van der Waals surface area contributed by atoms with E-state index in [1.54, 1.807) is 55.1 Å². The zero-order chi connectivity index (χ0) is 29.8. The Labute approximate surface area is 243 Å². The second-order valence-corrected chi connectivity index (χ2v) is 12.2. The lowest BCUT2D eigenvalue weighted by atomic mass is 9.90. The summed E-state index contributed by atoms with van der Waals surface area (Å²) in [5.74, 6) is -1.30. The maximum Gasteiger partial charge on any atom is 0.254 e. The van der Waals surface area contributed by atoms with Crippen LogP contribution in [0.2, 0.25) is 0 Å². The lowest BCUT2D eigenvalue weighted by molar-refractivity contribution is 0.0574. The third kappa shape index (κ3) is 5.17. The lowest BCUT2D eigenvalue weighted by Gasteiger charge is -2.38. The van der Waals surface area contributed by atoms with Crippen molar-refractivity contribution in [1.82, 2.24) is 14.7 Å². The van der Waals surface area contributed by atoms with Crippen LogP contribution < -0.4 is 5.73 Å². The predicted octanol–water partition coefficient (Wildman–Crippen LogP) is 5.78. The normalized spacial score (nSPS) is 20.2. The number of nitrogens with zero attached hydrogens (tertiary/aromatic N) is 4. The minimum atomic E-state index is -0.888. The Morgan fingerprint density at radius 3 is 2.45 bits per heavy atom. The number of fused-ring (bicyclic) bond motifs is 3. The van der Waals surface area contributed by atoms with E-state index >= 15 is 4.39 Å². The van der Waals surface area contributed by atoms with Gasteiger partial charge in [-0.05, 0) is 93.0 Å². The first-order valence-electron chi connectivity index (χ1n) is 14.3. The number of piperidine rings is 1. The van der Waals surface area contributed by atoms with Crippen molar-refractivity contribution in [3.63, 3.8) is 0 Å². The molecule has 9 heteroatoms. The predicted molar refractivity (Wildman–Crippen MR) is 156 cm³/mol. The molecule has 0 radical (unpaired) electrons. The van der Waals surface area contributed by atoms with Gasteiger partial charge >= 0.3 is 0 Å². The first kappa shape index (κ1) is 28.0. The standard InChI is InChI=1S/C33H33F2N5O2/c1-33(2,42)9-10-39-31-16-30(35)28(12-22(31)18-38-39)26-8-5-20(11-27(26)19-3-4-21(17-36)29(34)13-19)32(41)40-24-6-7-25(40)15-23(37)14-24/h3-5,8,11-13,16,18,23-25,42H,6-7,9-10,14-15,37H2,1-2H3/t23-,24+,25-. The van der Waals surface area contributed by atoms with Crippen molar-refractivity contribution < 1.29 is 18.7 Å². The number of benzene rings is 3. The summed E-state index contributed by atoms with van der Waals surface area (Å²) in [6.45, 7) is 3.84. The second kappa shape index (κ2) is 10.6. The third-order valence-corrected chi connectivity index (χ3v) is 8.63. The zero-order valence-electron chi connectivity index (χ0n) is 23.6. The molecule has 216 valence electrons. The molecule has 2 fully saturated rings. The third-order valence-electron chi connectivity index (χ3n) is 8.63. The van der Waals surface area contributed by atoms with E-state index < -0.39 is 17.2 Å². The number of hydrogen-bond donors (Lipinski definition) is 2. The highest BCUT2D eigenvalue weighted by Gasteiger charge is 2.42. The highest BCUT2D eigenvalue weighted by Crippen LogP contribution is 2.40. The van der Waals surface area contributed by atoms with Crippen LogP contribution in [0.25, 0.3) is 33.2 Å². The Bertz CT molecular complexity index is 1720. The molecule has 6 rings (SSSR count). The zero-order valence-corrected chi connectivity index (χ0v) is 23.6. The number of carbonyl (C=O) groups excluding carboxylic acids is 1. The van der Waals surface area contributed by atoms with Gasteiger partial charge in [0.1, 0.15) is 17.7 Å². The van der Waals surface area contributed by atoms with Crippen molar-refractivity contribution in [2.24, 2.45) is 5.73 Å². The molecular weight excluding hydrogens is 536 g/mol. The van der Waals surface area contributed by atoms with Crippen LogP contribution in [-0.4, -0.2) is 49.4 Å². The fourth-order valence-electron chi connectivity index (χ4n) is 6.49. The van der Waals surface area contributed by atoms with Crippen molar-refractivity contribution in [2.75, 3.05) is 0 Å². The smallest absolute Gasteiger partial charge is 0.254 e. The van der Waals surface area contributed by atoms with Gasteiger partial charge < -0.3 is 15.7 Å². The number of halogens is 2. The van der Waals surface area contributed by atoms with Gasteiger partial charge in [-0.2, -0.15) is 10.4 Å². The van der Waals surface area contributed by atoms with E-state index in [0.717, 1.165) is 25.7 Å². The highest BCUT2D eigenvalue weighted by atomic mass is 19.1. The molecule has 3 heterocycles. The van der Waals surface area contributed by atoms with Crippen LogP contribution in [0.5, 0.6) is 0 Å². The summed E-state index contributed by atoms with van der Waals surface area (Å²) in [5, 5.41) is 24.5. The lowest BCUT2D eigenvalue weighted by Crippen LogP contribution is -2.50. The van der Waals surface area contributed by atoms with Crippen molar-refractivity contribution in [3.05, 3.63) is 77.5 Å². The number of aromatic nitrogens is 2. The number of nitriles is 1. The molecule has 0 unspecified atom stereocenters. The summed E-state index contributed by atoms with van der Waals surface area (Å²) in [4.78, 5) is 15.7. The Morgan fingerprint density at radius 1 is 1.05 bits per heavy atom. The highest BCUT2D eigenvalue weighted by molar-refractivity contribution is 5.99. The quantitative estimate of drug-likeness (QED) is 0.306. The van der Waals surface area contributed by atoms with Crippen LogP contribution in [-0.2, 0) is 6.54 Å². The molecule has 4 aromatic rings. The van der Waals surface area contributed by atoms with Gasteiger partial charge in [0.05, 0.1) is 22.9 Å². The second-order valence-electron chi connectivity index (χ2n) is 12.2. The minimum absolute atomic E-state index is 0.0866. The topological polar surface area (TPSA) is 108 Å². The molecule has 42 heavy (non-hydrogen) atoms. The van der Waals surface area contributed by atoms with E-state index in [1.165, 1.54) is 18.2 Å².